The van der Waals surface area contributed by atoms with Gasteiger partial charge >= 0.3 is 0 Å². The fourth-order valence-corrected chi connectivity index (χ4v) is 6.29. The van der Waals surface area contributed by atoms with E-state index in [1.165, 1.54) is 0 Å². The van der Waals surface area contributed by atoms with Gasteiger partial charge < -0.3 is 15.5 Å². The van der Waals surface area contributed by atoms with Crippen LogP contribution in [0.25, 0.3) is 0 Å². The number of hydrogen-bond donors (Lipinski definition) is 2. The smallest absolute Gasteiger partial charge is 0.242 e. The number of amides is 2. The van der Waals surface area contributed by atoms with Gasteiger partial charge in [0.15, 0.2) is 0 Å². The molecule has 10 nitrogen and oxygen atoms in total. The van der Waals surface area contributed by atoms with Crippen LogP contribution in [0.3, 0.4) is 0 Å². The summed E-state index contributed by atoms with van der Waals surface area (Å²) in [6, 6.07) is 9.01. The predicted molar refractivity (Wildman–Crippen MR) is 123 cm³/mol. The zero-order chi connectivity index (χ0) is 24.0. The van der Waals surface area contributed by atoms with Crippen LogP contribution < -0.4 is 11.2 Å². The number of carbonyl (C=O) groups is 2. The van der Waals surface area contributed by atoms with Gasteiger partial charge in [-0.2, -0.15) is 10.7 Å². The van der Waals surface area contributed by atoms with Crippen molar-refractivity contribution in [3.8, 4) is 6.07 Å². The number of nitriles is 1. The number of fused-ring (bicyclic) bond motifs is 3. The molecule has 3 N–H and O–H groups in total. The van der Waals surface area contributed by atoms with Crippen molar-refractivity contribution < 1.29 is 18.9 Å². The third-order valence-corrected chi connectivity index (χ3v) is 8.20. The van der Waals surface area contributed by atoms with Crippen LogP contribution in [-0.2, 0) is 18.9 Å². The maximum atomic E-state index is 13.3. The average Bonchev–Trinajstić information content (AvgIpc) is 3.16. The minimum atomic E-state index is -0.715. The number of carbonyl (C=O) groups excluding carboxylic acids is 2. The Labute approximate surface area is 203 Å². The maximum Gasteiger partial charge on any atom is 0.242 e. The fourth-order valence-electron chi connectivity index (χ4n) is 5.86. The number of piperazine rings is 1. The zero-order valence-corrected chi connectivity index (χ0v) is 20.1. The van der Waals surface area contributed by atoms with Crippen molar-refractivity contribution in [2.75, 3.05) is 20.1 Å². The molecule has 34 heavy (non-hydrogen) atoms. The largest absolute Gasteiger partial charge is 0.330 e. The van der Waals surface area contributed by atoms with E-state index in [0.29, 0.717) is 19.0 Å². The standard InChI is InChI=1S/C23H30N6O4S/c1-13(14-3-5-18(6-4-14)34-33-32-26-2)28-17-9-21(23(28)31)27(11-17)12-19(25)22(30)29-16(10-24)7-15-8-20(15)29/h3-6,13,15-17,19-21,26H,7-9,11-12,25H2,1-2H3/t13-,15-,16+,17+,19+,20?,21+/m1/s1. The molecule has 0 radical (unpaired) electrons. The van der Waals surface area contributed by atoms with Gasteiger partial charge in [0.25, 0.3) is 0 Å². The number of rotatable bonds is 9. The monoisotopic (exact) mass is 486 g/mol. The van der Waals surface area contributed by atoms with Crippen LogP contribution in [0.5, 0.6) is 0 Å². The van der Waals surface area contributed by atoms with E-state index in [9.17, 15) is 14.9 Å². The molecule has 4 fully saturated rings. The van der Waals surface area contributed by atoms with E-state index < -0.39 is 6.04 Å². The van der Waals surface area contributed by atoms with Gasteiger partial charge in [-0.3, -0.25) is 14.5 Å². The number of hydroxylamine groups is 1. The first-order valence-corrected chi connectivity index (χ1v) is 12.5. The molecule has 11 heteroatoms. The first-order valence-electron chi connectivity index (χ1n) is 11.7. The normalized spacial score (nSPS) is 31.5. The van der Waals surface area contributed by atoms with Crippen LogP contribution in [0.4, 0.5) is 0 Å². The third kappa shape index (κ3) is 4.19. The van der Waals surface area contributed by atoms with Crippen molar-refractivity contribution in [3.05, 3.63) is 29.8 Å². The van der Waals surface area contributed by atoms with E-state index in [0.717, 1.165) is 41.8 Å². The molecule has 1 aromatic rings. The Kier molecular flexibility index (Phi) is 6.54. The minimum absolute atomic E-state index is 0.0544. The first-order chi connectivity index (χ1) is 16.4. The molecule has 182 valence electrons. The Morgan fingerprint density at radius 1 is 1.32 bits per heavy atom. The van der Waals surface area contributed by atoms with Crippen molar-refractivity contribution in [1.29, 1.82) is 5.26 Å². The van der Waals surface area contributed by atoms with E-state index in [2.05, 4.69) is 21.4 Å². The molecular formula is C23H30N6O4S. The van der Waals surface area contributed by atoms with Crippen LogP contribution in [0.1, 0.15) is 37.8 Å². The topological polar surface area (TPSA) is 124 Å². The summed E-state index contributed by atoms with van der Waals surface area (Å²) < 4.78 is 4.92. The highest BCUT2D eigenvalue weighted by Gasteiger charge is 2.56. The SMILES string of the molecule is CNOOSc1ccc([C@@H](C)N2C(=O)[C@@H]3C[C@H]2CN3C[C@H](N)C(=O)N2C3C[C@H]3C[C@H]2C#N)cc1. The highest BCUT2D eigenvalue weighted by Crippen LogP contribution is 2.48. The molecule has 1 saturated carbocycles. The van der Waals surface area contributed by atoms with Gasteiger partial charge in [0.2, 0.25) is 11.8 Å². The highest BCUT2D eigenvalue weighted by atomic mass is 32.2. The Morgan fingerprint density at radius 3 is 2.76 bits per heavy atom. The molecule has 1 unspecified atom stereocenters. The number of piperidine rings is 1. The van der Waals surface area contributed by atoms with Crippen LogP contribution in [0.15, 0.2) is 29.2 Å². The van der Waals surface area contributed by atoms with E-state index in [1.54, 1.807) is 11.9 Å². The number of nitrogens with two attached hydrogens (primary N) is 1. The lowest BCUT2D eigenvalue weighted by molar-refractivity contribution is -0.237. The summed E-state index contributed by atoms with van der Waals surface area (Å²) in [4.78, 5) is 37.5. The summed E-state index contributed by atoms with van der Waals surface area (Å²) in [5.74, 6) is 0.395. The number of likely N-dealkylation sites (tertiary alicyclic amines) is 3. The van der Waals surface area contributed by atoms with Crippen LogP contribution >= 0.6 is 12.0 Å². The fraction of sp³-hybridized carbons (Fsp3) is 0.609. The predicted octanol–water partition coefficient (Wildman–Crippen LogP) is 0.963. The van der Waals surface area contributed by atoms with Gasteiger partial charge in [0.05, 0.1) is 36.2 Å². The molecule has 3 saturated heterocycles. The lowest BCUT2D eigenvalue weighted by Gasteiger charge is -2.38. The van der Waals surface area contributed by atoms with Crippen molar-refractivity contribution >= 4 is 23.9 Å². The summed E-state index contributed by atoms with van der Waals surface area (Å²) in [5.41, 5.74) is 9.79. The lowest BCUT2D eigenvalue weighted by atomic mass is 10.1. The Balaban J connectivity index is 1.18. The van der Waals surface area contributed by atoms with Crippen LogP contribution in [0, 0.1) is 17.2 Å². The molecule has 5 rings (SSSR count). The maximum absolute atomic E-state index is 13.3. The molecule has 7 atom stereocenters. The average molecular weight is 487 g/mol. The highest BCUT2D eigenvalue weighted by molar-refractivity contribution is 7.94. The molecule has 0 aromatic heterocycles. The van der Waals surface area contributed by atoms with E-state index in [4.69, 9.17) is 10.1 Å². The van der Waals surface area contributed by atoms with Gasteiger partial charge in [-0.1, -0.05) is 12.1 Å². The number of nitrogens with one attached hydrogen (secondary N) is 1. The minimum Gasteiger partial charge on any atom is -0.330 e. The Morgan fingerprint density at radius 2 is 2.09 bits per heavy atom. The van der Waals surface area contributed by atoms with Crippen molar-refractivity contribution in [2.45, 2.75) is 67.3 Å². The summed E-state index contributed by atoms with van der Waals surface area (Å²) in [7, 11) is 1.61. The van der Waals surface area contributed by atoms with E-state index in [-0.39, 0.29) is 42.0 Å². The Hall–Kier alpha value is -2.20. The molecule has 3 aliphatic heterocycles. The molecule has 0 spiro atoms. The van der Waals surface area contributed by atoms with Gasteiger partial charge in [-0.15, -0.1) is 9.32 Å². The molecule has 2 bridgehead atoms. The molecule has 3 heterocycles. The number of benzene rings is 1. The van der Waals surface area contributed by atoms with Gasteiger partial charge in [0, 0.05) is 37.1 Å². The van der Waals surface area contributed by atoms with Crippen LogP contribution in [0.2, 0.25) is 0 Å². The molecular weight excluding hydrogens is 456 g/mol. The van der Waals surface area contributed by atoms with Crippen molar-refractivity contribution in [2.24, 2.45) is 11.7 Å². The second kappa shape index (κ2) is 9.45. The van der Waals surface area contributed by atoms with Gasteiger partial charge in [0.1, 0.15) is 6.04 Å². The summed E-state index contributed by atoms with van der Waals surface area (Å²) in [5, 5.41) is 9.39. The van der Waals surface area contributed by atoms with E-state index in [1.807, 2.05) is 36.1 Å². The zero-order valence-electron chi connectivity index (χ0n) is 19.3. The summed E-state index contributed by atoms with van der Waals surface area (Å²) in [6.45, 7) is 3.10. The lowest BCUT2D eigenvalue weighted by Crippen LogP contribution is -2.57. The second-order valence-corrected chi connectivity index (χ2v) is 10.4. The second-order valence-electron chi connectivity index (χ2n) is 9.58. The number of hydrogen-bond acceptors (Lipinski definition) is 9. The summed E-state index contributed by atoms with van der Waals surface area (Å²) >= 11 is 1.10. The molecule has 2 amide bonds. The number of nitrogens with zero attached hydrogens (tertiary/aromatic N) is 4. The van der Waals surface area contributed by atoms with Crippen molar-refractivity contribution in [3.63, 3.8) is 0 Å². The summed E-state index contributed by atoms with van der Waals surface area (Å²) in [6.07, 6.45) is 2.49. The van der Waals surface area contributed by atoms with Gasteiger partial charge in [-0.05, 0) is 49.8 Å². The molecule has 1 aromatic carbocycles. The first kappa shape index (κ1) is 23.5. The van der Waals surface area contributed by atoms with Crippen molar-refractivity contribution in [1.82, 2.24) is 20.2 Å². The van der Waals surface area contributed by atoms with Gasteiger partial charge in [-0.25, -0.2) is 0 Å². The third-order valence-electron chi connectivity index (χ3n) is 7.60. The van der Waals surface area contributed by atoms with Crippen LogP contribution in [-0.4, -0.2) is 76.9 Å². The molecule has 1 aliphatic carbocycles. The Bertz CT molecular complexity index is 987. The quantitative estimate of drug-likeness (QED) is 0.227. The van der Waals surface area contributed by atoms with E-state index >= 15 is 0 Å². The molecule has 4 aliphatic rings.